The second-order valence-corrected chi connectivity index (χ2v) is 7.00. The van der Waals surface area contributed by atoms with E-state index in [2.05, 4.69) is 26.3 Å². The van der Waals surface area contributed by atoms with Gasteiger partial charge in [0.25, 0.3) is 0 Å². The average Bonchev–Trinajstić information content (AvgIpc) is 3.13. The second kappa shape index (κ2) is 6.84. The molecule has 3 N–H and O–H groups in total. The summed E-state index contributed by atoms with van der Waals surface area (Å²) in [6.07, 6.45) is 3.03. The molecule has 1 amide bonds. The van der Waals surface area contributed by atoms with Crippen LogP contribution in [0.1, 0.15) is 25.0 Å². The Morgan fingerprint density at radius 1 is 1.43 bits per heavy atom. The third-order valence-corrected chi connectivity index (χ3v) is 4.93. The first kappa shape index (κ1) is 16.2. The molecule has 0 spiro atoms. The molecule has 23 heavy (non-hydrogen) atoms. The molecule has 1 aromatic carbocycles. The van der Waals surface area contributed by atoms with Gasteiger partial charge in [0.15, 0.2) is 0 Å². The minimum atomic E-state index is 0.00571. The van der Waals surface area contributed by atoms with Gasteiger partial charge in [0.2, 0.25) is 5.91 Å². The first-order valence-electron chi connectivity index (χ1n) is 7.92. The van der Waals surface area contributed by atoms with E-state index in [0.717, 1.165) is 35.1 Å². The predicted molar refractivity (Wildman–Crippen MR) is 94.5 cm³/mol. The van der Waals surface area contributed by atoms with Crippen LogP contribution in [0, 0.1) is 18.8 Å². The molecule has 5 nitrogen and oxygen atoms in total. The highest BCUT2D eigenvalue weighted by molar-refractivity contribution is 9.10. The lowest BCUT2D eigenvalue weighted by Crippen LogP contribution is -2.30. The molecule has 0 aliphatic heterocycles. The average molecular weight is 377 g/mol. The number of carbonyl (C=O) groups excluding carboxylic acids is 1. The number of nitrogens with zero attached hydrogens (tertiary/aromatic N) is 2. The number of carbonyl (C=O) groups is 1. The van der Waals surface area contributed by atoms with Crippen LogP contribution in [0.15, 0.2) is 34.8 Å². The van der Waals surface area contributed by atoms with Crippen molar-refractivity contribution >= 4 is 27.7 Å². The van der Waals surface area contributed by atoms with Gasteiger partial charge in [0, 0.05) is 16.5 Å². The Bertz CT molecular complexity index is 712. The van der Waals surface area contributed by atoms with Gasteiger partial charge in [-0.15, -0.1) is 0 Å². The van der Waals surface area contributed by atoms with Crippen molar-refractivity contribution in [2.45, 2.75) is 26.2 Å². The Morgan fingerprint density at radius 2 is 2.26 bits per heavy atom. The highest BCUT2D eigenvalue weighted by Gasteiger charge is 2.32. The van der Waals surface area contributed by atoms with Crippen molar-refractivity contribution in [3.63, 3.8) is 0 Å². The molecule has 2 atom stereocenters. The number of halogens is 1. The van der Waals surface area contributed by atoms with Crippen LogP contribution in [0.25, 0.3) is 5.69 Å². The Morgan fingerprint density at radius 3 is 3.00 bits per heavy atom. The minimum Gasteiger partial charge on any atom is -0.330 e. The van der Waals surface area contributed by atoms with E-state index < -0.39 is 0 Å². The van der Waals surface area contributed by atoms with Gasteiger partial charge in [-0.2, -0.15) is 5.10 Å². The van der Waals surface area contributed by atoms with Gasteiger partial charge in [-0.05, 0) is 50.4 Å². The normalized spacial score (nSPS) is 20.7. The Labute approximate surface area is 144 Å². The predicted octanol–water partition coefficient (Wildman–Crippen LogP) is 3.26. The lowest BCUT2D eigenvalue weighted by molar-refractivity contribution is -0.120. The summed E-state index contributed by atoms with van der Waals surface area (Å²) < 4.78 is 2.74. The largest absolute Gasteiger partial charge is 0.330 e. The summed E-state index contributed by atoms with van der Waals surface area (Å²) in [5, 5.41) is 7.54. The maximum absolute atomic E-state index is 12.6. The standard InChI is InChI=1S/C17H21BrN4O/c1-11-8-16(20-17(23)15-7-2-4-12(15)10-19)22(21-11)14-6-3-5-13(18)9-14/h3,5-6,8-9,12,15H,2,4,7,10,19H2,1H3,(H,20,23)/t12-,15-/m1/s1. The maximum atomic E-state index is 12.6. The fourth-order valence-electron chi connectivity index (χ4n) is 3.28. The van der Waals surface area contributed by atoms with Crippen LogP contribution < -0.4 is 11.1 Å². The van der Waals surface area contributed by atoms with Gasteiger partial charge >= 0.3 is 0 Å². The van der Waals surface area contributed by atoms with Gasteiger partial charge in [-0.3, -0.25) is 4.79 Å². The molecule has 1 aromatic heterocycles. The smallest absolute Gasteiger partial charge is 0.228 e. The highest BCUT2D eigenvalue weighted by Crippen LogP contribution is 2.32. The van der Waals surface area contributed by atoms with Crippen LogP contribution in [0.5, 0.6) is 0 Å². The molecule has 0 unspecified atom stereocenters. The number of benzene rings is 1. The zero-order valence-corrected chi connectivity index (χ0v) is 14.7. The summed E-state index contributed by atoms with van der Waals surface area (Å²) in [7, 11) is 0. The first-order valence-corrected chi connectivity index (χ1v) is 8.71. The third-order valence-electron chi connectivity index (χ3n) is 4.43. The summed E-state index contributed by atoms with van der Waals surface area (Å²) >= 11 is 3.47. The molecule has 3 rings (SSSR count). The molecule has 1 aliphatic carbocycles. The van der Waals surface area contributed by atoms with Crippen molar-refractivity contribution in [3.05, 3.63) is 40.5 Å². The molecule has 0 bridgehead atoms. The van der Waals surface area contributed by atoms with Crippen molar-refractivity contribution in [2.24, 2.45) is 17.6 Å². The van der Waals surface area contributed by atoms with Gasteiger partial charge < -0.3 is 11.1 Å². The molecule has 0 radical (unpaired) electrons. The number of anilines is 1. The zero-order chi connectivity index (χ0) is 16.4. The molecular formula is C17H21BrN4O. The number of rotatable bonds is 4. The van der Waals surface area contributed by atoms with Crippen LogP contribution in [-0.4, -0.2) is 22.2 Å². The van der Waals surface area contributed by atoms with E-state index in [1.807, 2.05) is 37.3 Å². The molecule has 1 aliphatic rings. The second-order valence-electron chi connectivity index (χ2n) is 6.09. The summed E-state index contributed by atoms with van der Waals surface area (Å²) in [5.74, 6) is 1.05. The van der Waals surface area contributed by atoms with Crippen LogP contribution in [0.4, 0.5) is 5.82 Å². The number of hydrogen-bond acceptors (Lipinski definition) is 3. The Balaban J connectivity index is 1.85. The molecule has 2 aromatic rings. The van der Waals surface area contributed by atoms with Crippen LogP contribution in [-0.2, 0) is 4.79 Å². The Kier molecular flexibility index (Phi) is 4.82. The SMILES string of the molecule is Cc1cc(NC(=O)[C@@H]2CCC[C@@H]2CN)n(-c2cccc(Br)c2)n1. The summed E-state index contributed by atoms with van der Waals surface area (Å²) in [5.41, 5.74) is 7.56. The first-order chi connectivity index (χ1) is 11.1. The number of aryl methyl sites for hydroxylation is 1. The maximum Gasteiger partial charge on any atom is 0.228 e. The number of hydrogen-bond donors (Lipinski definition) is 2. The van der Waals surface area contributed by atoms with Crippen molar-refractivity contribution in [2.75, 3.05) is 11.9 Å². The summed E-state index contributed by atoms with van der Waals surface area (Å²) in [4.78, 5) is 12.6. The molecular weight excluding hydrogens is 356 g/mol. The zero-order valence-electron chi connectivity index (χ0n) is 13.1. The monoisotopic (exact) mass is 376 g/mol. The Hall–Kier alpha value is -1.66. The van der Waals surface area contributed by atoms with Crippen LogP contribution in [0.2, 0.25) is 0 Å². The molecule has 6 heteroatoms. The lowest BCUT2D eigenvalue weighted by Gasteiger charge is -2.17. The van der Waals surface area contributed by atoms with Crippen LogP contribution >= 0.6 is 15.9 Å². The van der Waals surface area contributed by atoms with Crippen LogP contribution in [0.3, 0.4) is 0 Å². The molecule has 1 saturated carbocycles. The third kappa shape index (κ3) is 3.48. The van der Waals surface area contributed by atoms with E-state index in [1.165, 1.54) is 0 Å². The molecule has 0 saturated heterocycles. The summed E-state index contributed by atoms with van der Waals surface area (Å²) in [6, 6.07) is 9.74. The van der Waals surface area contributed by atoms with E-state index in [0.29, 0.717) is 18.3 Å². The van der Waals surface area contributed by atoms with Gasteiger partial charge in [0.1, 0.15) is 5.82 Å². The molecule has 1 heterocycles. The van der Waals surface area contributed by atoms with Gasteiger partial charge in [-0.25, -0.2) is 4.68 Å². The van der Waals surface area contributed by atoms with Crippen molar-refractivity contribution in [1.29, 1.82) is 0 Å². The topological polar surface area (TPSA) is 72.9 Å². The number of nitrogens with two attached hydrogens (primary N) is 1. The quantitative estimate of drug-likeness (QED) is 0.859. The van der Waals surface area contributed by atoms with E-state index in [1.54, 1.807) is 4.68 Å². The number of amides is 1. The minimum absolute atomic E-state index is 0.00571. The molecule has 122 valence electrons. The lowest BCUT2D eigenvalue weighted by atomic mass is 9.95. The fourth-order valence-corrected chi connectivity index (χ4v) is 3.66. The summed E-state index contributed by atoms with van der Waals surface area (Å²) in [6.45, 7) is 2.49. The molecule has 1 fully saturated rings. The van der Waals surface area contributed by atoms with Gasteiger partial charge in [-0.1, -0.05) is 28.4 Å². The van der Waals surface area contributed by atoms with Crippen molar-refractivity contribution in [3.8, 4) is 5.69 Å². The fraction of sp³-hybridized carbons (Fsp3) is 0.412. The van der Waals surface area contributed by atoms with E-state index in [-0.39, 0.29) is 11.8 Å². The van der Waals surface area contributed by atoms with E-state index in [9.17, 15) is 4.79 Å². The highest BCUT2D eigenvalue weighted by atomic mass is 79.9. The van der Waals surface area contributed by atoms with Crippen molar-refractivity contribution < 1.29 is 4.79 Å². The van der Waals surface area contributed by atoms with Crippen molar-refractivity contribution in [1.82, 2.24) is 9.78 Å². The number of nitrogens with one attached hydrogen (secondary N) is 1. The van der Waals surface area contributed by atoms with E-state index in [4.69, 9.17) is 5.73 Å². The van der Waals surface area contributed by atoms with E-state index >= 15 is 0 Å². The number of aromatic nitrogens is 2. The van der Waals surface area contributed by atoms with Gasteiger partial charge in [0.05, 0.1) is 11.4 Å².